The van der Waals surface area contributed by atoms with E-state index < -0.39 is 0 Å². The number of furan rings is 1. The lowest BCUT2D eigenvalue weighted by molar-refractivity contribution is 0.669. The van der Waals surface area contributed by atoms with Gasteiger partial charge in [0.2, 0.25) is 5.95 Å². The van der Waals surface area contributed by atoms with Gasteiger partial charge in [-0.15, -0.1) is 0 Å². The number of aromatic nitrogens is 4. The molecule has 5 heteroatoms. The quantitative estimate of drug-likeness (QED) is 0.190. The van der Waals surface area contributed by atoms with Gasteiger partial charge < -0.3 is 8.98 Å². The van der Waals surface area contributed by atoms with Crippen LogP contribution in [-0.2, 0) is 0 Å². The molecule has 0 amide bonds. The summed E-state index contributed by atoms with van der Waals surface area (Å²) in [5.74, 6) is 0.615. The second kappa shape index (κ2) is 10.8. The fourth-order valence-corrected chi connectivity index (χ4v) is 7.99. The Hall–Kier alpha value is -6.98. The van der Waals surface area contributed by atoms with Gasteiger partial charge in [0, 0.05) is 49.1 Å². The van der Waals surface area contributed by atoms with Gasteiger partial charge in [-0.2, -0.15) is 0 Å². The smallest absolute Gasteiger partial charge is 0.235 e. The van der Waals surface area contributed by atoms with E-state index in [-0.39, 0.29) is 0 Å². The minimum absolute atomic E-state index is 0.615. The zero-order chi connectivity index (χ0) is 33.5. The zero-order valence-electron chi connectivity index (χ0n) is 27.4. The molecular weight excluding hydrogens is 625 g/mol. The Kier molecular flexibility index (Phi) is 5.89. The van der Waals surface area contributed by atoms with Crippen molar-refractivity contribution < 1.29 is 4.42 Å². The molecule has 0 atom stereocenters. The van der Waals surface area contributed by atoms with Gasteiger partial charge in [0.25, 0.3) is 0 Å². The summed E-state index contributed by atoms with van der Waals surface area (Å²) in [5, 5.41) is 6.87. The van der Waals surface area contributed by atoms with Crippen LogP contribution in [-0.4, -0.2) is 19.1 Å². The summed E-state index contributed by atoms with van der Waals surface area (Å²) >= 11 is 0. The second-order valence-corrected chi connectivity index (χ2v) is 13.0. The molecule has 0 N–H and O–H groups in total. The summed E-state index contributed by atoms with van der Waals surface area (Å²) < 4.78 is 11.0. The molecule has 238 valence electrons. The molecule has 51 heavy (non-hydrogen) atoms. The van der Waals surface area contributed by atoms with Crippen molar-refractivity contribution in [2.75, 3.05) is 0 Å². The Balaban J connectivity index is 1.27. The molecule has 4 heterocycles. The third kappa shape index (κ3) is 4.09. The van der Waals surface area contributed by atoms with Gasteiger partial charge in [0.05, 0.1) is 33.5 Å². The lowest BCUT2D eigenvalue weighted by Gasteiger charge is -2.12. The molecule has 0 unspecified atom stereocenters. The predicted octanol–water partition coefficient (Wildman–Crippen LogP) is 11.9. The van der Waals surface area contributed by atoms with Crippen LogP contribution in [0.25, 0.3) is 99.7 Å². The van der Waals surface area contributed by atoms with Crippen LogP contribution in [0.4, 0.5) is 0 Å². The average Bonchev–Trinajstić information content (AvgIpc) is 3.86. The number of hydrogen-bond acceptors (Lipinski definition) is 3. The minimum atomic E-state index is 0.615. The van der Waals surface area contributed by atoms with E-state index in [1.807, 2.05) is 30.3 Å². The molecule has 0 fully saturated rings. The molecule has 0 saturated heterocycles. The van der Waals surface area contributed by atoms with E-state index in [9.17, 15) is 0 Å². The topological polar surface area (TPSA) is 48.8 Å². The van der Waals surface area contributed by atoms with Crippen molar-refractivity contribution in [2.24, 2.45) is 0 Å². The Bertz CT molecular complexity index is 3130. The van der Waals surface area contributed by atoms with E-state index in [1.54, 1.807) is 0 Å². The summed E-state index contributed by atoms with van der Waals surface area (Å²) in [4.78, 5) is 10.7. The minimum Gasteiger partial charge on any atom is -0.456 e. The van der Waals surface area contributed by atoms with Crippen LogP contribution in [0, 0.1) is 0 Å². The van der Waals surface area contributed by atoms with Gasteiger partial charge in [-0.05, 0) is 48.5 Å². The van der Waals surface area contributed by atoms with E-state index in [4.69, 9.17) is 14.4 Å². The third-order valence-corrected chi connectivity index (χ3v) is 10.1. The molecule has 0 saturated carbocycles. The molecular formula is C46H28N4O. The van der Waals surface area contributed by atoms with Crippen LogP contribution >= 0.6 is 0 Å². The maximum atomic E-state index is 6.31. The molecule has 4 aromatic heterocycles. The van der Waals surface area contributed by atoms with Gasteiger partial charge in [-0.1, -0.05) is 121 Å². The summed E-state index contributed by atoms with van der Waals surface area (Å²) in [7, 11) is 0. The van der Waals surface area contributed by atoms with Crippen LogP contribution < -0.4 is 0 Å². The molecule has 5 nitrogen and oxygen atoms in total. The summed E-state index contributed by atoms with van der Waals surface area (Å²) in [6.45, 7) is 0. The van der Waals surface area contributed by atoms with Gasteiger partial charge in [-0.25, -0.2) is 9.97 Å². The Morgan fingerprint density at radius 2 is 1.06 bits per heavy atom. The molecule has 0 bridgehead atoms. The molecule has 11 aromatic rings. The first-order valence-electron chi connectivity index (χ1n) is 17.2. The van der Waals surface area contributed by atoms with E-state index in [0.29, 0.717) is 5.95 Å². The Labute approximate surface area is 292 Å². The molecule has 0 radical (unpaired) electrons. The summed E-state index contributed by atoms with van der Waals surface area (Å²) in [5.41, 5.74) is 11.0. The first-order valence-corrected chi connectivity index (χ1v) is 17.2. The first-order chi connectivity index (χ1) is 25.3. The number of fused-ring (bicyclic) bond motifs is 10. The fourth-order valence-electron chi connectivity index (χ4n) is 7.99. The van der Waals surface area contributed by atoms with E-state index in [2.05, 4.69) is 149 Å². The summed E-state index contributed by atoms with van der Waals surface area (Å²) in [6, 6.07) is 59.3. The number of nitrogens with zero attached hydrogens (tertiary/aromatic N) is 4. The Morgan fingerprint density at radius 1 is 0.412 bits per heavy atom. The highest BCUT2D eigenvalue weighted by Crippen LogP contribution is 2.42. The fraction of sp³-hybridized carbons (Fsp3) is 0. The zero-order valence-corrected chi connectivity index (χ0v) is 27.4. The van der Waals surface area contributed by atoms with Crippen molar-refractivity contribution >= 4 is 65.6 Å². The van der Waals surface area contributed by atoms with Crippen molar-refractivity contribution in [3.05, 3.63) is 170 Å². The van der Waals surface area contributed by atoms with Gasteiger partial charge in [-0.3, -0.25) is 4.57 Å². The first kappa shape index (κ1) is 27.9. The molecule has 7 aromatic carbocycles. The summed E-state index contributed by atoms with van der Waals surface area (Å²) in [6.07, 6.45) is 0. The normalized spacial score (nSPS) is 11.9. The maximum absolute atomic E-state index is 6.31. The van der Waals surface area contributed by atoms with Crippen LogP contribution in [0.5, 0.6) is 0 Å². The largest absolute Gasteiger partial charge is 0.456 e. The lowest BCUT2D eigenvalue weighted by atomic mass is 10.0. The van der Waals surface area contributed by atoms with E-state index in [1.165, 1.54) is 27.2 Å². The van der Waals surface area contributed by atoms with Gasteiger partial charge in [0.1, 0.15) is 11.2 Å². The van der Waals surface area contributed by atoms with Crippen LogP contribution in [0.3, 0.4) is 0 Å². The monoisotopic (exact) mass is 652 g/mol. The highest BCUT2D eigenvalue weighted by molar-refractivity contribution is 6.26. The SMILES string of the molecule is c1ccc(-c2cc(-c3cccc4oc5ccccc5c34)nc(-n3c4ccccc4c4c3ccc3c5ccccc5n(-c5ccccc5)c34)n2)cc1. The number of rotatable bonds is 4. The van der Waals surface area contributed by atoms with Crippen molar-refractivity contribution in [1.29, 1.82) is 0 Å². The average molecular weight is 653 g/mol. The highest BCUT2D eigenvalue weighted by atomic mass is 16.3. The van der Waals surface area contributed by atoms with Crippen molar-refractivity contribution in [1.82, 2.24) is 19.1 Å². The lowest BCUT2D eigenvalue weighted by Crippen LogP contribution is -2.04. The van der Waals surface area contributed by atoms with E-state index >= 15 is 0 Å². The van der Waals surface area contributed by atoms with E-state index in [0.717, 1.165) is 66.6 Å². The van der Waals surface area contributed by atoms with Gasteiger partial charge in [0.15, 0.2) is 0 Å². The molecule has 0 spiro atoms. The molecule has 11 rings (SSSR count). The van der Waals surface area contributed by atoms with Gasteiger partial charge >= 0.3 is 0 Å². The van der Waals surface area contributed by atoms with Crippen LogP contribution in [0.1, 0.15) is 0 Å². The standard InChI is InChI=1S/C46H28N4O/c1-3-14-29(15-4-1)36-28-37(33-21-13-25-42-43(33)35-20-9-12-24-41(35)51-42)48-46(47-36)50-39-23-11-8-19-34(39)44-40(50)27-26-32-31-18-7-10-22-38(31)49(45(32)44)30-16-5-2-6-17-30/h1-28H. The highest BCUT2D eigenvalue weighted by Gasteiger charge is 2.23. The molecule has 0 aliphatic carbocycles. The van der Waals surface area contributed by atoms with Crippen molar-refractivity contribution in [3.63, 3.8) is 0 Å². The third-order valence-electron chi connectivity index (χ3n) is 10.1. The molecule has 0 aliphatic heterocycles. The maximum Gasteiger partial charge on any atom is 0.235 e. The van der Waals surface area contributed by atoms with Crippen molar-refractivity contribution in [3.8, 4) is 34.2 Å². The van der Waals surface area contributed by atoms with Crippen molar-refractivity contribution in [2.45, 2.75) is 0 Å². The Morgan fingerprint density at radius 3 is 1.88 bits per heavy atom. The molecule has 0 aliphatic rings. The predicted molar refractivity (Wildman–Crippen MR) is 209 cm³/mol. The number of benzene rings is 7. The number of hydrogen-bond donors (Lipinski definition) is 0. The van der Waals surface area contributed by atoms with Crippen LogP contribution in [0.15, 0.2) is 174 Å². The van der Waals surface area contributed by atoms with Crippen LogP contribution in [0.2, 0.25) is 0 Å². The number of para-hydroxylation sites is 4. The second-order valence-electron chi connectivity index (χ2n) is 13.0.